The lowest BCUT2D eigenvalue weighted by molar-refractivity contribution is 0.836. The van der Waals surface area contributed by atoms with Gasteiger partial charge in [-0.1, -0.05) is 54.6 Å². The molecule has 0 aromatic heterocycles. The summed E-state index contributed by atoms with van der Waals surface area (Å²) in [7, 11) is 0. The molecule has 1 N–H and O–H groups in total. The van der Waals surface area contributed by atoms with Crippen LogP contribution in [-0.4, -0.2) is 0 Å². The summed E-state index contributed by atoms with van der Waals surface area (Å²) >= 11 is 0. The molecule has 0 spiro atoms. The zero-order valence-electron chi connectivity index (χ0n) is 10.6. The standard InChI is InChI=1S/C18H15N/c1-2-6-13(7-3-1)14-10-11-16-15-8-4-5-9-17(15)19-18(16)12-14/h1-7,9-12,15,19H,8H2. The zero-order valence-corrected chi connectivity index (χ0v) is 10.6. The Kier molecular flexibility index (Phi) is 2.31. The van der Waals surface area contributed by atoms with Crippen molar-refractivity contribution in [1.82, 2.24) is 0 Å². The SMILES string of the molecule is C1=CCC2C(=C1)Nc1cc(-c3ccccc3)ccc12. The van der Waals surface area contributed by atoms with E-state index in [9.17, 15) is 0 Å². The summed E-state index contributed by atoms with van der Waals surface area (Å²) in [6.07, 6.45) is 7.69. The van der Waals surface area contributed by atoms with E-state index in [0.29, 0.717) is 5.92 Å². The average Bonchev–Trinajstić information content (AvgIpc) is 2.86. The van der Waals surface area contributed by atoms with Gasteiger partial charge in [0.2, 0.25) is 0 Å². The molecule has 2 aliphatic rings. The van der Waals surface area contributed by atoms with Gasteiger partial charge in [-0.15, -0.1) is 0 Å². The fourth-order valence-corrected chi connectivity index (χ4v) is 2.99. The van der Waals surface area contributed by atoms with E-state index < -0.39 is 0 Å². The summed E-state index contributed by atoms with van der Waals surface area (Å²) in [4.78, 5) is 0. The van der Waals surface area contributed by atoms with E-state index in [-0.39, 0.29) is 0 Å². The van der Waals surface area contributed by atoms with Crippen LogP contribution >= 0.6 is 0 Å². The van der Waals surface area contributed by atoms with Crippen molar-refractivity contribution in [2.45, 2.75) is 12.3 Å². The summed E-state index contributed by atoms with van der Waals surface area (Å²) in [5.74, 6) is 0.532. The van der Waals surface area contributed by atoms with Gasteiger partial charge in [-0.05, 0) is 35.3 Å². The number of fused-ring (bicyclic) bond motifs is 3. The van der Waals surface area contributed by atoms with E-state index in [0.717, 1.165) is 6.42 Å². The van der Waals surface area contributed by atoms with Crippen molar-refractivity contribution < 1.29 is 0 Å². The van der Waals surface area contributed by atoms with Crippen LogP contribution in [0.4, 0.5) is 5.69 Å². The zero-order chi connectivity index (χ0) is 12.7. The molecule has 92 valence electrons. The number of benzene rings is 2. The molecule has 0 saturated heterocycles. The first-order valence-electron chi connectivity index (χ1n) is 6.75. The molecule has 1 atom stereocenters. The third-order valence-corrected chi connectivity index (χ3v) is 3.97. The van der Waals surface area contributed by atoms with Crippen molar-refractivity contribution in [2.75, 3.05) is 5.32 Å². The fraction of sp³-hybridized carbons (Fsp3) is 0.111. The molecule has 2 aromatic rings. The van der Waals surface area contributed by atoms with E-state index in [1.165, 1.54) is 28.1 Å². The molecule has 1 unspecified atom stereocenters. The molecule has 2 aromatic carbocycles. The largest absolute Gasteiger partial charge is 0.358 e. The Hall–Kier alpha value is -2.28. The Morgan fingerprint density at radius 3 is 2.74 bits per heavy atom. The second-order valence-electron chi connectivity index (χ2n) is 5.13. The predicted molar refractivity (Wildman–Crippen MR) is 80.1 cm³/mol. The molecule has 1 aliphatic carbocycles. The van der Waals surface area contributed by atoms with Gasteiger partial charge >= 0.3 is 0 Å². The first-order chi connectivity index (χ1) is 9.42. The number of allylic oxidation sites excluding steroid dienone is 4. The van der Waals surface area contributed by atoms with Gasteiger partial charge in [0, 0.05) is 17.3 Å². The minimum Gasteiger partial charge on any atom is -0.358 e. The van der Waals surface area contributed by atoms with Crippen molar-refractivity contribution >= 4 is 5.69 Å². The summed E-state index contributed by atoms with van der Waals surface area (Å²) in [5, 5.41) is 3.56. The molecular formula is C18H15N. The van der Waals surface area contributed by atoms with Crippen molar-refractivity contribution in [1.29, 1.82) is 0 Å². The van der Waals surface area contributed by atoms with Crippen molar-refractivity contribution in [3.8, 4) is 11.1 Å². The predicted octanol–water partition coefficient (Wildman–Crippen LogP) is 4.71. The molecule has 4 rings (SSSR count). The molecule has 0 amide bonds. The Morgan fingerprint density at radius 2 is 1.84 bits per heavy atom. The number of hydrogen-bond donors (Lipinski definition) is 1. The summed E-state index contributed by atoms with van der Waals surface area (Å²) in [5.41, 5.74) is 6.58. The van der Waals surface area contributed by atoms with Crippen molar-refractivity contribution in [2.24, 2.45) is 0 Å². The molecular weight excluding hydrogens is 230 g/mol. The maximum absolute atomic E-state index is 3.56. The van der Waals surface area contributed by atoms with E-state index in [2.05, 4.69) is 72.1 Å². The Morgan fingerprint density at radius 1 is 0.947 bits per heavy atom. The van der Waals surface area contributed by atoms with Crippen LogP contribution < -0.4 is 5.32 Å². The van der Waals surface area contributed by atoms with Gasteiger partial charge in [0.1, 0.15) is 0 Å². The van der Waals surface area contributed by atoms with Gasteiger partial charge in [-0.2, -0.15) is 0 Å². The van der Waals surface area contributed by atoms with Crippen molar-refractivity contribution in [3.63, 3.8) is 0 Å². The van der Waals surface area contributed by atoms with Crippen LogP contribution in [0, 0.1) is 0 Å². The topological polar surface area (TPSA) is 12.0 Å². The fourth-order valence-electron chi connectivity index (χ4n) is 2.99. The number of hydrogen-bond acceptors (Lipinski definition) is 1. The second kappa shape index (κ2) is 4.13. The molecule has 0 saturated carbocycles. The van der Waals surface area contributed by atoms with E-state index in [1.807, 2.05) is 0 Å². The molecule has 1 nitrogen and oxygen atoms in total. The van der Waals surface area contributed by atoms with Crippen LogP contribution in [0.2, 0.25) is 0 Å². The quantitative estimate of drug-likeness (QED) is 0.767. The van der Waals surface area contributed by atoms with Gasteiger partial charge in [0.25, 0.3) is 0 Å². The Balaban J connectivity index is 1.78. The third-order valence-electron chi connectivity index (χ3n) is 3.97. The number of nitrogens with one attached hydrogen (secondary N) is 1. The van der Waals surface area contributed by atoms with Crippen LogP contribution in [0.3, 0.4) is 0 Å². The van der Waals surface area contributed by atoms with Crippen molar-refractivity contribution in [3.05, 3.63) is 78.0 Å². The summed E-state index contributed by atoms with van der Waals surface area (Å²) < 4.78 is 0. The van der Waals surface area contributed by atoms with Gasteiger partial charge in [-0.3, -0.25) is 0 Å². The summed E-state index contributed by atoms with van der Waals surface area (Å²) in [6, 6.07) is 17.3. The molecule has 0 fully saturated rings. The number of anilines is 1. The maximum atomic E-state index is 3.56. The first-order valence-corrected chi connectivity index (χ1v) is 6.75. The van der Waals surface area contributed by atoms with Crippen LogP contribution in [0.1, 0.15) is 17.9 Å². The number of rotatable bonds is 1. The lowest BCUT2D eigenvalue weighted by Crippen LogP contribution is -2.01. The second-order valence-corrected chi connectivity index (χ2v) is 5.13. The molecule has 0 bridgehead atoms. The molecule has 19 heavy (non-hydrogen) atoms. The molecule has 0 radical (unpaired) electrons. The van der Waals surface area contributed by atoms with E-state index >= 15 is 0 Å². The van der Waals surface area contributed by atoms with Gasteiger partial charge < -0.3 is 5.32 Å². The summed E-state index contributed by atoms with van der Waals surface area (Å²) in [6.45, 7) is 0. The highest BCUT2D eigenvalue weighted by Gasteiger charge is 2.27. The normalized spacial score (nSPS) is 19.4. The smallest absolute Gasteiger partial charge is 0.0427 e. The monoisotopic (exact) mass is 245 g/mol. The van der Waals surface area contributed by atoms with Crippen LogP contribution in [0.5, 0.6) is 0 Å². The highest BCUT2D eigenvalue weighted by atomic mass is 14.9. The van der Waals surface area contributed by atoms with Gasteiger partial charge in [-0.25, -0.2) is 0 Å². The maximum Gasteiger partial charge on any atom is 0.0427 e. The van der Waals surface area contributed by atoms with Crippen LogP contribution in [0.15, 0.2) is 72.5 Å². The first kappa shape index (κ1) is 10.6. The van der Waals surface area contributed by atoms with Crippen LogP contribution in [-0.2, 0) is 0 Å². The lowest BCUT2D eigenvalue weighted by atomic mass is 9.91. The Labute approximate surface area is 113 Å². The molecule has 1 heteroatoms. The van der Waals surface area contributed by atoms with Crippen LogP contribution in [0.25, 0.3) is 11.1 Å². The minimum atomic E-state index is 0.532. The van der Waals surface area contributed by atoms with E-state index in [1.54, 1.807) is 0 Å². The lowest BCUT2D eigenvalue weighted by Gasteiger charge is -2.12. The van der Waals surface area contributed by atoms with E-state index in [4.69, 9.17) is 0 Å². The van der Waals surface area contributed by atoms with Gasteiger partial charge in [0.05, 0.1) is 0 Å². The highest BCUT2D eigenvalue weighted by molar-refractivity contribution is 5.75. The molecule has 1 aliphatic heterocycles. The third kappa shape index (κ3) is 1.70. The van der Waals surface area contributed by atoms with Gasteiger partial charge in [0.15, 0.2) is 0 Å². The molecule has 1 heterocycles. The average molecular weight is 245 g/mol. The highest BCUT2D eigenvalue weighted by Crippen LogP contribution is 2.43. The Bertz CT molecular complexity index is 680. The minimum absolute atomic E-state index is 0.532.